The SMILES string of the molecule is Cc1cc(C)cc(CC(O)c2ccnc(Cl)c2)c1. The summed E-state index contributed by atoms with van der Waals surface area (Å²) >= 11 is 5.82. The lowest BCUT2D eigenvalue weighted by molar-refractivity contribution is 0.178. The van der Waals surface area contributed by atoms with Crippen molar-refractivity contribution >= 4 is 11.6 Å². The number of aliphatic hydroxyl groups is 1. The smallest absolute Gasteiger partial charge is 0.129 e. The summed E-state index contributed by atoms with van der Waals surface area (Å²) in [6.45, 7) is 4.12. The second-order valence-electron chi connectivity index (χ2n) is 4.63. The summed E-state index contributed by atoms with van der Waals surface area (Å²) in [7, 11) is 0. The van der Waals surface area contributed by atoms with Gasteiger partial charge in [-0.2, -0.15) is 0 Å². The van der Waals surface area contributed by atoms with Gasteiger partial charge in [-0.1, -0.05) is 40.9 Å². The third-order valence-corrected chi connectivity index (χ3v) is 3.05. The van der Waals surface area contributed by atoms with E-state index in [0.717, 1.165) is 11.1 Å². The summed E-state index contributed by atoms with van der Waals surface area (Å²) in [5.41, 5.74) is 4.36. The average molecular weight is 262 g/mol. The maximum Gasteiger partial charge on any atom is 0.129 e. The number of aryl methyl sites for hydroxylation is 2. The van der Waals surface area contributed by atoms with Crippen molar-refractivity contribution < 1.29 is 5.11 Å². The van der Waals surface area contributed by atoms with Crippen LogP contribution < -0.4 is 0 Å². The Morgan fingerprint density at radius 1 is 1.17 bits per heavy atom. The molecule has 1 atom stereocenters. The Labute approximate surface area is 112 Å². The normalized spacial score (nSPS) is 12.4. The molecule has 18 heavy (non-hydrogen) atoms. The lowest BCUT2D eigenvalue weighted by Crippen LogP contribution is -2.02. The first kappa shape index (κ1) is 13.1. The van der Waals surface area contributed by atoms with Crippen LogP contribution in [0, 0.1) is 13.8 Å². The van der Waals surface area contributed by atoms with Gasteiger partial charge in [-0.05, 0) is 37.1 Å². The number of aromatic nitrogens is 1. The van der Waals surface area contributed by atoms with E-state index in [1.807, 2.05) is 0 Å². The highest BCUT2D eigenvalue weighted by Crippen LogP contribution is 2.21. The Balaban J connectivity index is 2.18. The van der Waals surface area contributed by atoms with Crippen molar-refractivity contribution in [2.45, 2.75) is 26.4 Å². The van der Waals surface area contributed by atoms with Crippen molar-refractivity contribution in [3.05, 3.63) is 63.9 Å². The highest BCUT2D eigenvalue weighted by Gasteiger charge is 2.09. The second-order valence-corrected chi connectivity index (χ2v) is 5.02. The van der Waals surface area contributed by atoms with Crippen LogP contribution in [0.25, 0.3) is 0 Å². The Morgan fingerprint density at radius 2 is 1.83 bits per heavy atom. The van der Waals surface area contributed by atoms with E-state index in [1.165, 1.54) is 11.1 Å². The summed E-state index contributed by atoms with van der Waals surface area (Å²) in [6, 6.07) is 9.81. The molecule has 2 aromatic rings. The molecule has 2 nitrogen and oxygen atoms in total. The van der Waals surface area contributed by atoms with Crippen molar-refractivity contribution in [1.82, 2.24) is 4.98 Å². The molecule has 1 aromatic carbocycles. The summed E-state index contributed by atoms with van der Waals surface area (Å²) in [5.74, 6) is 0. The average Bonchev–Trinajstić information content (AvgIpc) is 2.27. The number of pyridine rings is 1. The molecule has 0 bridgehead atoms. The van der Waals surface area contributed by atoms with Gasteiger partial charge in [0.25, 0.3) is 0 Å². The van der Waals surface area contributed by atoms with Gasteiger partial charge >= 0.3 is 0 Å². The minimum Gasteiger partial charge on any atom is -0.388 e. The second kappa shape index (κ2) is 5.51. The summed E-state index contributed by atoms with van der Waals surface area (Å²) < 4.78 is 0. The van der Waals surface area contributed by atoms with Crippen LogP contribution in [-0.2, 0) is 6.42 Å². The zero-order chi connectivity index (χ0) is 13.1. The van der Waals surface area contributed by atoms with Crippen molar-refractivity contribution in [2.24, 2.45) is 0 Å². The molecule has 0 aliphatic carbocycles. The van der Waals surface area contributed by atoms with Gasteiger partial charge in [0, 0.05) is 12.6 Å². The first-order valence-electron chi connectivity index (χ1n) is 5.91. The molecule has 0 amide bonds. The maximum absolute atomic E-state index is 10.2. The standard InChI is InChI=1S/C15H16ClNO/c1-10-5-11(2)7-12(6-10)8-14(18)13-3-4-17-15(16)9-13/h3-7,9,14,18H,8H2,1-2H3. The van der Waals surface area contributed by atoms with Crippen LogP contribution in [0.1, 0.15) is 28.4 Å². The van der Waals surface area contributed by atoms with Crippen LogP contribution in [-0.4, -0.2) is 10.1 Å². The van der Waals surface area contributed by atoms with Gasteiger partial charge in [0.2, 0.25) is 0 Å². The summed E-state index contributed by atoms with van der Waals surface area (Å²) in [6.07, 6.45) is 1.65. The molecule has 0 spiro atoms. The molecule has 0 saturated heterocycles. The zero-order valence-corrected chi connectivity index (χ0v) is 11.3. The first-order chi connectivity index (χ1) is 8.54. The lowest BCUT2D eigenvalue weighted by atomic mass is 9.99. The van der Waals surface area contributed by atoms with Crippen molar-refractivity contribution in [2.75, 3.05) is 0 Å². The number of benzene rings is 1. The largest absolute Gasteiger partial charge is 0.388 e. The molecule has 0 radical (unpaired) electrons. The van der Waals surface area contributed by atoms with Crippen molar-refractivity contribution in [3.63, 3.8) is 0 Å². The van der Waals surface area contributed by atoms with Gasteiger partial charge < -0.3 is 5.11 Å². The van der Waals surface area contributed by atoms with E-state index < -0.39 is 6.10 Å². The molecule has 1 N–H and O–H groups in total. The third kappa shape index (κ3) is 3.31. The third-order valence-electron chi connectivity index (χ3n) is 2.85. The molecular weight excluding hydrogens is 246 g/mol. The molecule has 0 saturated carbocycles. The Hall–Kier alpha value is -1.38. The lowest BCUT2D eigenvalue weighted by Gasteiger charge is -2.12. The fourth-order valence-electron chi connectivity index (χ4n) is 2.15. The molecule has 1 heterocycles. The minimum atomic E-state index is -0.549. The highest BCUT2D eigenvalue weighted by atomic mass is 35.5. The van der Waals surface area contributed by atoms with E-state index in [4.69, 9.17) is 11.6 Å². The van der Waals surface area contributed by atoms with E-state index in [1.54, 1.807) is 18.3 Å². The van der Waals surface area contributed by atoms with E-state index >= 15 is 0 Å². The molecule has 1 aromatic heterocycles. The van der Waals surface area contributed by atoms with Crippen LogP contribution in [0.15, 0.2) is 36.5 Å². The van der Waals surface area contributed by atoms with Crippen LogP contribution in [0.5, 0.6) is 0 Å². The molecule has 3 heteroatoms. The molecule has 1 unspecified atom stereocenters. The Bertz CT molecular complexity index is 534. The molecule has 0 fully saturated rings. The topological polar surface area (TPSA) is 33.1 Å². The number of halogens is 1. The fourth-order valence-corrected chi connectivity index (χ4v) is 2.33. The first-order valence-corrected chi connectivity index (χ1v) is 6.29. The summed E-state index contributed by atoms with van der Waals surface area (Å²) in [5, 5.41) is 10.6. The number of hydrogen-bond acceptors (Lipinski definition) is 2. The van der Waals surface area contributed by atoms with Gasteiger partial charge in [0.1, 0.15) is 5.15 Å². The van der Waals surface area contributed by atoms with Gasteiger partial charge in [-0.15, -0.1) is 0 Å². The van der Waals surface area contributed by atoms with Crippen molar-refractivity contribution in [3.8, 4) is 0 Å². The van der Waals surface area contributed by atoms with E-state index in [9.17, 15) is 5.11 Å². The highest BCUT2D eigenvalue weighted by molar-refractivity contribution is 6.29. The minimum absolute atomic E-state index is 0.409. The quantitative estimate of drug-likeness (QED) is 0.856. The van der Waals surface area contributed by atoms with Crippen molar-refractivity contribution in [1.29, 1.82) is 0 Å². The van der Waals surface area contributed by atoms with Crippen LogP contribution in [0.4, 0.5) is 0 Å². The van der Waals surface area contributed by atoms with Crippen LogP contribution in [0.2, 0.25) is 5.15 Å². The van der Waals surface area contributed by atoms with Crippen LogP contribution in [0.3, 0.4) is 0 Å². The van der Waals surface area contributed by atoms with Gasteiger partial charge in [-0.3, -0.25) is 0 Å². The molecule has 0 aliphatic rings. The predicted octanol–water partition coefficient (Wildman–Crippen LogP) is 3.63. The Kier molecular flexibility index (Phi) is 4.00. The number of hydrogen-bond donors (Lipinski definition) is 1. The van der Waals surface area contributed by atoms with Gasteiger partial charge in [0.15, 0.2) is 0 Å². The predicted molar refractivity (Wildman–Crippen MR) is 73.8 cm³/mol. The summed E-state index contributed by atoms with van der Waals surface area (Å²) in [4.78, 5) is 3.91. The van der Waals surface area contributed by atoms with E-state index in [2.05, 4.69) is 37.0 Å². The number of rotatable bonds is 3. The van der Waals surface area contributed by atoms with Crippen LogP contribution >= 0.6 is 11.6 Å². The van der Waals surface area contributed by atoms with E-state index in [0.29, 0.717) is 11.6 Å². The molecule has 94 valence electrons. The molecular formula is C15H16ClNO. The van der Waals surface area contributed by atoms with Gasteiger partial charge in [-0.25, -0.2) is 4.98 Å². The molecule has 0 aliphatic heterocycles. The maximum atomic E-state index is 10.2. The molecule has 2 rings (SSSR count). The number of aliphatic hydroxyl groups excluding tert-OH is 1. The van der Waals surface area contributed by atoms with Gasteiger partial charge in [0.05, 0.1) is 6.10 Å². The fraction of sp³-hybridized carbons (Fsp3) is 0.267. The Morgan fingerprint density at radius 3 is 2.44 bits per heavy atom. The number of nitrogens with zero attached hydrogens (tertiary/aromatic N) is 1. The zero-order valence-electron chi connectivity index (χ0n) is 10.5. The monoisotopic (exact) mass is 261 g/mol. The van der Waals surface area contributed by atoms with E-state index in [-0.39, 0.29) is 0 Å².